The van der Waals surface area contributed by atoms with Crippen LogP contribution in [0.15, 0.2) is 64.0 Å². The molecule has 0 amide bonds. The van der Waals surface area contributed by atoms with Crippen LogP contribution in [-0.4, -0.2) is 55.4 Å². The number of fused-ring (bicyclic) bond motifs is 1. The molecule has 27 heavy (non-hydrogen) atoms. The van der Waals surface area contributed by atoms with Crippen molar-refractivity contribution in [3.63, 3.8) is 0 Å². The van der Waals surface area contributed by atoms with E-state index >= 15 is 0 Å². The quantitative estimate of drug-likeness (QED) is 0.614. The number of benzene rings is 2. The molecule has 2 heterocycles. The molecule has 3 aromatic rings. The average Bonchev–Trinajstić information content (AvgIpc) is 3.02. The van der Waals surface area contributed by atoms with Crippen LogP contribution >= 0.6 is 15.9 Å². The minimum atomic E-state index is -3.71. The lowest BCUT2D eigenvalue weighted by molar-refractivity contribution is 0.147. The van der Waals surface area contributed by atoms with Crippen LogP contribution in [0.5, 0.6) is 0 Å². The summed E-state index contributed by atoms with van der Waals surface area (Å²) in [6.45, 7) is 4.49. The molecule has 0 atom stereocenters. The molecule has 142 valence electrons. The summed E-state index contributed by atoms with van der Waals surface area (Å²) in [6.07, 6.45) is 0. The van der Waals surface area contributed by atoms with E-state index in [1.54, 1.807) is 18.2 Å². The number of rotatable bonds is 4. The molecule has 0 N–H and O–H groups in total. The number of halogens is 1. The fourth-order valence-corrected chi connectivity index (χ4v) is 6.07. The van der Waals surface area contributed by atoms with E-state index < -0.39 is 10.0 Å². The smallest absolute Gasteiger partial charge is 0.269 e. The molecule has 1 saturated heterocycles. The van der Waals surface area contributed by atoms with Crippen molar-refractivity contribution in [2.24, 2.45) is 0 Å². The Morgan fingerprint density at radius 2 is 1.63 bits per heavy atom. The number of hydrogen-bond donors (Lipinski definition) is 0. The van der Waals surface area contributed by atoms with Crippen LogP contribution in [0.1, 0.15) is 5.69 Å². The maximum atomic E-state index is 13.6. The minimum Gasteiger partial charge on any atom is -0.304 e. The van der Waals surface area contributed by atoms with Gasteiger partial charge in [-0.15, -0.1) is 0 Å². The van der Waals surface area contributed by atoms with Crippen LogP contribution in [-0.2, 0) is 16.6 Å². The lowest BCUT2D eigenvalue weighted by atomic mass is 10.2. The number of hydrogen-bond acceptors (Lipinski definition) is 4. The number of piperazine rings is 1. The van der Waals surface area contributed by atoms with Crippen LogP contribution < -0.4 is 0 Å². The van der Waals surface area contributed by atoms with Crippen LogP contribution in [0.4, 0.5) is 0 Å². The summed E-state index contributed by atoms with van der Waals surface area (Å²) in [5.41, 5.74) is 1.52. The van der Waals surface area contributed by atoms with Crippen molar-refractivity contribution < 1.29 is 8.42 Å². The van der Waals surface area contributed by atoms with E-state index in [2.05, 4.69) is 32.8 Å². The van der Waals surface area contributed by atoms with Gasteiger partial charge >= 0.3 is 0 Å². The zero-order chi connectivity index (χ0) is 19.0. The lowest BCUT2D eigenvalue weighted by Gasteiger charge is -2.32. The monoisotopic (exact) mass is 447 g/mol. The largest absolute Gasteiger partial charge is 0.304 e. The summed E-state index contributed by atoms with van der Waals surface area (Å²) >= 11 is 3.40. The third kappa shape index (κ3) is 3.57. The summed E-state index contributed by atoms with van der Waals surface area (Å²) in [6, 6.07) is 16.7. The first kappa shape index (κ1) is 18.7. The molecule has 7 heteroatoms. The van der Waals surface area contributed by atoms with Gasteiger partial charge in [0.1, 0.15) is 4.90 Å². The van der Waals surface area contributed by atoms with E-state index in [0.717, 1.165) is 42.8 Å². The Balaban J connectivity index is 1.82. The topological polar surface area (TPSA) is 45.5 Å². The normalized spacial score (nSPS) is 16.8. The summed E-state index contributed by atoms with van der Waals surface area (Å²) in [4.78, 5) is 4.90. The molecule has 0 unspecified atom stereocenters. The summed E-state index contributed by atoms with van der Waals surface area (Å²) < 4.78 is 29.2. The average molecular weight is 448 g/mol. The van der Waals surface area contributed by atoms with Gasteiger partial charge in [-0.3, -0.25) is 4.90 Å². The van der Waals surface area contributed by atoms with E-state index in [-0.39, 0.29) is 4.90 Å². The predicted molar refractivity (Wildman–Crippen MR) is 111 cm³/mol. The van der Waals surface area contributed by atoms with Crippen molar-refractivity contribution >= 4 is 36.9 Å². The van der Waals surface area contributed by atoms with E-state index in [1.165, 1.54) is 3.97 Å². The molecule has 1 fully saturated rings. The molecule has 0 saturated carbocycles. The van der Waals surface area contributed by atoms with Gasteiger partial charge in [-0.1, -0.05) is 30.3 Å². The molecule has 0 radical (unpaired) electrons. The maximum absolute atomic E-state index is 13.6. The number of aromatic nitrogens is 1. The molecule has 2 aromatic carbocycles. The van der Waals surface area contributed by atoms with Gasteiger partial charge in [-0.05, 0) is 47.2 Å². The van der Waals surface area contributed by atoms with Crippen LogP contribution in [0.25, 0.3) is 10.9 Å². The third-order valence-corrected chi connectivity index (χ3v) is 7.85. The molecular weight excluding hydrogens is 426 g/mol. The Morgan fingerprint density at radius 1 is 0.963 bits per heavy atom. The SMILES string of the molecule is CN1CCN(Cc2cc3ccccc3n2S(=O)(=O)c2ccccc2Br)CC1. The molecule has 0 bridgehead atoms. The first-order valence-corrected chi connectivity index (χ1v) is 11.2. The van der Waals surface area contributed by atoms with Gasteiger partial charge in [0, 0.05) is 48.3 Å². The second-order valence-electron chi connectivity index (χ2n) is 6.97. The van der Waals surface area contributed by atoms with Crippen molar-refractivity contribution in [2.45, 2.75) is 11.4 Å². The molecule has 1 aliphatic heterocycles. The Bertz CT molecular complexity index is 1070. The Morgan fingerprint density at radius 3 is 2.37 bits per heavy atom. The summed E-state index contributed by atoms with van der Waals surface area (Å²) in [7, 11) is -1.60. The summed E-state index contributed by atoms with van der Waals surface area (Å²) in [5.74, 6) is 0. The van der Waals surface area contributed by atoms with Crippen molar-refractivity contribution in [3.8, 4) is 0 Å². The first-order chi connectivity index (χ1) is 13.0. The molecule has 0 aliphatic carbocycles. The molecule has 1 aromatic heterocycles. The van der Waals surface area contributed by atoms with Crippen molar-refractivity contribution in [1.29, 1.82) is 0 Å². The zero-order valence-corrected chi connectivity index (χ0v) is 17.6. The van der Waals surface area contributed by atoms with Gasteiger partial charge in [0.15, 0.2) is 0 Å². The second-order valence-corrected chi connectivity index (χ2v) is 9.58. The second kappa shape index (κ2) is 7.39. The minimum absolute atomic E-state index is 0.283. The van der Waals surface area contributed by atoms with Gasteiger partial charge in [-0.25, -0.2) is 12.4 Å². The van der Waals surface area contributed by atoms with Crippen molar-refractivity contribution in [2.75, 3.05) is 33.2 Å². The molecule has 5 nitrogen and oxygen atoms in total. The fraction of sp³-hybridized carbons (Fsp3) is 0.300. The highest BCUT2D eigenvalue weighted by Crippen LogP contribution is 2.30. The van der Waals surface area contributed by atoms with Gasteiger partial charge in [0.05, 0.1) is 5.52 Å². The Labute approximate surface area is 168 Å². The molecular formula is C20H22BrN3O2S. The number of para-hydroxylation sites is 1. The third-order valence-electron chi connectivity index (χ3n) is 5.07. The highest BCUT2D eigenvalue weighted by Gasteiger charge is 2.26. The maximum Gasteiger partial charge on any atom is 0.269 e. The highest BCUT2D eigenvalue weighted by atomic mass is 79.9. The lowest BCUT2D eigenvalue weighted by Crippen LogP contribution is -2.44. The zero-order valence-electron chi connectivity index (χ0n) is 15.2. The van der Waals surface area contributed by atoms with E-state index in [1.807, 2.05) is 36.4 Å². The number of likely N-dealkylation sites (N-methyl/N-ethyl adjacent to an activating group) is 1. The van der Waals surface area contributed by atoms with E-state index in [4.69, 9.17) is 0 Å². The van der Waals surface area contributed by atoms with Crippen molar-refractivity contribution in [1.82, 2.24) is 13.8 Å². The Kier molecular flexibility index (Phi) is 5.11. The van der Waals surface area contributed by atoms with Gasteiger partial charge < -0.3 is 4.90 Å². The standard InChI is InChI=1S/C20H22BrN3O2S/c1-22-10-12-23(13-11-22)15-17-14-16-6-2-4-8-19(16)24(17)27(25,26)20-9-5-3-7-18(20)21/h2-9,14H,10-13,15H2,1H3. The highest BCUT2D eigenvalue weighted by molar-refractivity contribution is 9.10. The molecule has 0 spiro atoms. The number of nitrogens with zero attached hydrogens (tertiary/aromatic N) is 3. The van der Waals surface area contributed by atoms with Crippen LogP contribution in [0.3, 0.4) is 0 Å². The van der Waals surface area contributed by atoms with Crippen LogP contribution in [0.2, 0.25) is 0 Å². The summed E-state index contributed by atoms with van der Waals surface area (Å²) in [5, 5.41) is 0.942. The van der Waals surface area contributed by atoms with Crippen LogP contribution in [0, 0.1) is 0 Å². The van der Waals surface area contributed by atoms with Gasteiger partial charge in [0.25, 0.3) is 10.0 Å². The molecule has 4 rings (SSSR count). The predicted octanol–water partition coefficient (Wildman–Crippen LogP) is 3.39. The Hall–Kier alpha value is -1.67. The first-order valence-electron chi connectivity index (χ1n) is 8.97. The van der Waals surface area contributed by atoms with Gasteiger partial charge in [-0.2, -0.15) is 0 Å². The molecule has 1 aliphatic rings. The van der Waals surface area contributed by atoms with Crippen molar-refractivity contribution in [3.05, 3.63) is 64.8 Å². The van der Waals surface area contributed by atoms with Gasteiger partial charge in [0.2, 0.25) is 0 Å². The fourth-order valence-electron chi connectivity index (χ4n) is 3.57. The van der Waals surface area contributed by atoms with E-state index in [0.29, 0.717) is 11.0 Å². The van der Waals surface area contributed by atoms with E-state index in [9.17, 15) is 8.42 Å².